The Labute approximate surface area is 192 Å². The molecule has 4 aliphatic rings. The highest BCUT2D eigenvalue weighted by molar-refractivity contribution is 5.94. The van der Waals surface area contributed by atoms with Crippen LogP contribution in [0.5, 0.6) is 0 Å². The Morgan fingerprint density at radius 1 is 1.15 bits per heavy atom. The summed E-state index contributed by atoms with van der Waals surface area (Å²) in [6, 6.07) is 0. The molecule has 0 aromatic rings. The Morgan fingerprint density at radius 2 is 1.88 bits per heavy atom. The first-order valence-corrected chi connectivity index (χ1v) is 11.7. The van der Waals surface area contributed by atoms with E-state index in [0.717, 1.165) is 24.5 Å². The van der Waals surface area contributed by atoms with Crippen molar-refractivity contribution in [1.82, 2.24) is 0 Å². The summed E-state index contributed by atoms with van der Waals surface area (Å²) >= 11 is 0. The van der Waals surface area contributed by atoms with E-state index in [1.807, 2.05) is 6.92 Å². The standard InChI is InChI=1S/C25H32O8/c1-23-9-7-15(26)11-14(23)3-4-16-17-8-10-25(32,24(17,2)12-18(27)22(16)23)19(28)13-33-21(31)6-5-20(29)30/h5-6,11,16-18,22,27,32H,3-4,7-10,12-13H2,1-2H3,(H,29,30)/b6-5+/t16-,17-,18-,22+,23-,24-,25-/m0/s1. The molecule has 3 fully saturated rings. The number of carbonyl (C=O) groups excluding carboxylic acids is 3. The summed E-state index contributed by atoms with van der Waals surface area (Å²) in [6.07, 6.45) is 6.26. The van der Waals surface area contributed by atoms with Crippen molar-refractivity contribution in [2.75, 3.05) is 6.61 Å². The third-order valence-electron chi connectivity index (χ3n) is 9.22. The number of allylic oxidation sites excluding steroid dienone is 1. The van der Waals surface area contributed by atoms with Crippen molar-refractivity contribution in [2.24, 2.45) is 28.6 Å². The molecule has 0 aromatic heterocycles. The van der Waals surface area contributed by atoms with E-state index >= 15 is 0 Å². The Balaban J connectivity index is 1.55. The number of hydrogen-bond acceptors (Lipinski definition) is 7. The molecule has 0 saturated heterocycles. The lowest BCUT2D eigenvalue weighted by Gasteiger charge is -2.60. The van der Waals surface area contributed by atoms with Gasteiger partial charge in [-0.1, -0.05) is 19.4 Å². The van der Waals surface area contributed by atoms with Crippen molar-refractivity contribution in [3.63, 3.8) is 0 Å². The first-order valence-electron chi connectivity index (χ1n) is 11.7. The van der Waals surface area contributed by atoms with Gasteiger partial charge in [0, 0.05) is 24.0 Å². The van der Waals surface area contributed by atoms with Gasteiger partial charge in [-0.25, -0.2) is 9.59 Å². The van der Waals surface area contributed by atoms with Crippen molar-refractivity contribution < 1.29 is 39.2 Å². The molecule has 180 valence electrons. The van der Waals surface area contributed by atoms with Gasteiger partial charge in [0.15, 0.2) is 12.4 Å². The van der Waals surface area contributed by atoms with Gasteiger partial charge in [-0.3, -0.25) is 9.59 Å². The number of aliphatic hydroxyl groups excluding tert-OH is 1. The summed E-state index contributed by atoms with van der Waals surface area (Å²) in [5.74, 6) is -2.64. The maximum absolute atomic E-state index is 13.1. The minimum atomic E-state index is -1.74. The number of carboxylic acids is 1. The molecular formula is C25H32O8. The number of esters is 1. The van der Waals surface area contributed by atoms with Crippen molar-refractivity contribution in [2.45, 2.75) is 70.5 Å². The van der Waals surface area contributed by atoms with Gasteiger partial charge in [0.05, 0.1) is 6.10 Å². The van der Waals surface area contributed by atoms with Gasteiger partial charge < -0.3 is 20.1 Å². The van der Waals surface area contributed by atoms with Gasteiger partial charge in [-0.05, 0) is 67.8 Å². The molecular weight excluding hydrogens is 428 g/mol. The van der Waals surface area contributed by atoms with Crippen molar-refractivity contribution in [3.05, 3.63) is 23.8 Å². The van der Waals surface area contributed by atoms with Crippen LogP contribution in [-0.4, -0.2) is 57.1 Å². The summed E-state index contributed by atoms with van der Waals surface area (Å²) in [5.41, 5.74) is -1.74. The number of carbonyl (C=O) groups is 4. The molecule has 0 bridgehead atoms. The van der Waals surface area contributed by atoms with Gasteiger partial charge >= 0.3 is 11.9 Å². The molecule has 8 heteroatoms. The molecule has 0 aliphatic heterocycles. The summed E-state index contributed by atoms with van der Waals surface area (Å²) in [4.78, 5) is 47.3. The summed E-state index contributed by atoms with van der Waals surface area (Å²) < 4.78 is 4.89. The molecule has 7 atom stereocenters. The Bertz CT molecular complexity index is 950. The molecule has 4 aliphatic carbocycles. The number of ketones is 2. The number of hydrogen-bond donors (Lipinski definition) is 3. The second-order valence-corrected chi connectivity index (χ2v) is 10.7. The first kappa shape index (κ1) is 23.8. The van der Waals surface area contributed by atoms with E-state index in [4.69, 9.17) is 9.84 Å². The molecule has 0 amide bonds. The lowest BCUT2D eigenvalue weighted by molar-refractivity contribution is -0.184. The van der Waals surface area contributed by atoms with Crippen LogP contribution in [0.15, 0.2) is 23.8 Å². The Kier molecular flexibility index (Phi) is 5.90. The van der Waals surface area contributed by atoms with E-state index in [9.17, 15) is 29.4 Å². The van der Waals surface area contributed by atoms with Crippen LogP contribution in [-0.2, 0) is 23.9 Å². The number of aliphatic carboxylic acids is 1. The SMILES string of the molecule is C[C@]12CCC(=O)C=C1CC[C@@H]1[C@@H]2[C@@H](O)C[C@@]2(C)[C@H]1CC[C@]2(O)C(=O)COC(=O)/C=C/C(=O)O. The monoisotopic (exact) mass is 460 g/mol. The van der Waals surface area contributed by atoms with Gasteiger partial charge in [0.25, 0.3) is 0 Å². The summed E-state index contributed by atoms with van der Waals surface area (Å²) in [6.45, 7) is 3.34. The zero-order valence-corrected chi connectivity index (χ0v) is 19.1. The average Bonchev–Trinajstić information content (AvgIpc) is 3.02. The van der Waals surface area contributed by atoms with Crippen LogP contribution in [0.1, 0.15) is 58.8 Å². The molecule has 8 nitrogen and oxygen atoms in total. The quantitative estimate of drug-likeness (QED) is 0.418. The highest BCUT2D eigenvalue weighted by atomic mass is 16.5. The maximum Gasteiger partial charge on any atom is 0.331 e. The summed E-state index contributed by atoms with van der Waals surface area (Å²) in [5, 5.41) is 31.5. The van der Waals surface area contributed by atoms with E-state index in [-0.39, 0.29) is 41.8 Å². The number of ether oxygens (including phenoxy) is 1. The van der Waals surface area contributed by atoms with Crippen molar-refractivity contribution in [1.29, 1.82) is 0 Å². The second-order valence-electron chi connectivity index (χ2n) is 10.7. The molecule has 0 aromatic carbocycles. The third kappa shape index (κ3) is 3.67. The first-order chi connectivity index (χ1) is 15.4. The zero-order chi connectivity index (χ0) is 24.2. The van der Waals surface area contributed by atoms with Crippen molar-refractivity contribution in [3.8, 4) is 0 Å². The Morgan fingerprint density at radius 3 is 2.58 bits per heavy atom. The molecule has 0 unspecified atom stereocenters. The van der Waals surface area contributed by atoms with Gasteiger partial charge in [0.2, 0.25) is 5.78 Å². The highest BCUT2D eigenvalue weighted by Gasteiger charge is 2.68. The van der Waals surface area contributed by atoms with E-state index in [0.29, 0.717) is 25.3 Å². The van der Waals surface area contributed by atoms with Crippen LogP contribution in [0, 0.1) is 28.6 Å². The van der Waals surface area contributed by atoms with Crippen LogP contribution in [0.3, 0.4) is 0 Å². The van der Waals surface area contributed by atoms with Crippen LogP contribution in [0.25, 0.3) is 0 Å². The molecule has 0 radical (unpaired) electrons. The largest absolute Gasteiger partial charge is 0.478 e. The van der Waals surface area contributed by atoms with Crippen LogP contribution in [0.4, 0.5) is 0 Å². The van der Waals surface area contributed by atoms with E-state index in [1.165, 1.54) is 0 Å². The van der Waals surface area contributed by atoms with Crippen molar-refractivity contribution >= 4 is 23.5 Å². The predicted octanol–water partition coefficient (Wildman–Crippen LogP) is 1.97. The predicted molar refractivity (Wildman–Crippen MR) is 116 cm³/mol. The fraction of sp³-hybridized carbons (Fsp3) is 0.680. The normalized spacial score (nSPS) is 42.2. The lowest BCUT2D eigenvalue weighted by atomic mass is 9.45. The van der Waals surface area contributed by atoms with Gasteiger partial charge in [-0.2, -0.15) is 0 Å². The summed E-state index contributed by atoms with van der Waals surface area (Å²) in [7, 11) is 0. The molecule has 0 heterocycles. The number of aliphatic hydroxyl groups is 2. The molecule has 3 N–H and O–H groups in total. The minimum absolute atomic E-state index is 0.0264. The van der Waals surface area contributed by atoms with E-state index in [2.05, 4.69) is 6.92 Å². The van der Waals surface area contributed by atoms with E-state index in [1.54, 1.807) is 6.08 Å². The number of carboxylic acid groups (broad SMARTS) is 1. The number of Topliss-reactive ketones (excluding diaryl/α,β-unsaturated/α-hetero) is 1. The van der Waals surface area contributed by atoms with Gasteiger partial charge in [-0.15, -0.1) is 0 Å². The molecule has 3 saturated carbocycles. The van der Waals surface area contributed by atoms with Crippen LogP contribution < -0.4 is 0 Å². The molecule has 4 rings (SSSR count). The van der Waals surface area contributed by atoms with Gasteiger partial charge in [0.1, 0.15) is 5.60 Å². The topological polar surface area (TPSA) is 138 Å². The minimum Gasteiger partial charge on any atom is -0.478 e. The smallest absolute Gasteiger partial charge is 0.331 e. The fourth-order valence-electron chi connectivity index (χ4n) is 7.59. The number of fused-ring (bicyclic) bond motifs is 5. The van der Waals surface area contributed by atoms with E-state index < -0.39 is 41.4 Å². The molecule has 0 spiro atoms. The third-order valence-corrected chi connectivity index (χ3v) is 9.22. The molecule has 33 heavy (non-hydrogen) atoms. The van der Waals surface area contributed by atoms with Crippen LogP contribution in [0.2, 0.25) is 0 Å². The lowest BCUT2D eigenvalue weighted by Crippen LogP contribution is -2.62. The van der Waals surface area contributed by atoms with Crippen LogP contribution >= 0.6 is 0 Å². The number of rotatable bonds is 5. The fourth-order valence-corrected chi connectivity index (χ4v) is 7.59. The average molecular weight is 461 g/mol. The maximum atomic E-state index is 13.1. The second kappa shape index (κ2) is 8.17. The Hall–Kier alpha value is -2.32. The highest BCUT2D eigenvalue weighted by Crippen LogP contribution is 2.67. The zero-order valence-electron chi connectivity index (χ0n) is 19.1.